The number of nitrogens with zero attached hydrogens (tertiary/aromatic N) is 1. The molecule has 0 aromatic heterocycles. The van der Waals surface area contributed by atoms with E-state index in [1.807, 2.05) is 6.26 Å². The Morgan fingerprint density at radius 1 is 1.43 bits per heavy atom. The number of carboxylic acids is 1. The number of β-lactam (4-membered cyclic amide) rings is 1. The molecule has 1 saturated heterocycles. The second-order valence-electron chi connectivity index (χ2n) is 5.86. The van der Waals surface area contributed by atoms with Crippen LogP contribution in [0.5, 0.6) is 0 Å². The predicted molar refractivity (Wildman–Crippen MR) is 93.1 cm³/mol. The van der Waals surface area contributed by atoms with Gasteiger partial charge >= 0.3 is 5.97 Å². The van der Waals surface area contributed by atoms with Gasteiger partial charge in [-0.05, 0) is 32.6 Å². The number of thioether (sulfide) groups is 2. The van der Waals surface area contributed by atoms with Gasteiger partial charge in [0.1, 0.15) is 5.70 Å². The predicted octanol–water partition coefficient (Wildman–Crippen LogP) is 0.955. The molecule has 23 heavy (non-hydrogen) atoms. The zero-order chi connectivity index (χ0) is 17.1. The molecule has 0 bridgehead atoms. The fraction of sp³-hybridized carbons (Fsp3) is 0.733. The normalized spacial score (nSPS) is 27.9. The molecule has 2 rings (SSSR count). The Hall–Kier alpha value is -0.700. The second kappa shape index (κ2) is 7.92. The number of aliphatic carboxylic acids is 1. The van der Waals surface area contributed by atoms with Crippen molar-refractivity contribution in [1.82, 2.24) is 4.90 Å². The first-order chi connectivity index (χ1) is 11.0. The van der Waals surface area contributed by atoms with E-state index in [1.165, 1.54) is 16.7 Å². The molecule has 0 aliphatic carbocycles. The molecular formula is C15H24N2O4S2. The van der Waals surface area contributed by atoms with E-state index in [9.17, 15) is 19.8 Å². The van der Waals surface area contributed by atoms with Gasteiger partial charge in [-0.1, -0.05) is 0 Å². The third-order valence-corrected chi connectivity index (χ3v) is 6.48. The standard InChI is InChI=1S/C15H24N2O4S2/c1-8(18)10-11-9(4-3-5-16)13(23-7-6-22-2)12(15(20)21)17(11)14(10)19/h8-11,18H,3-7,16H2,1-2H3,(H,20,21)/t8-,9-,10-,11-/m1/s1. The smallest absolute Gasteiger partial charge is 0.353 e. The Labute approximate surface area is 144 Å². The summed E-state index contributed by atoms with van der Waals surface area (Å²) < 4.78 is 0. The molecule has 2 aliphatic rings. The lowest BCUT2D eigenvalue weighted by molar-refractivity contribution is -0.163. The van der Waals surface area contributed by atoms with Gasteiger partial charge in [0.25, 0.3) is 0 Å². The summed E-state index contributed by atoms with van der Waals surface area (Å²) in [7, 11) is 0. The minimum Gasteiger partial charge on any atom is -0.477 e. The lowest BCUT2D eigenvalue weighted by atomic mass is 9.77. The maximum Gasteiger partial charge on any atom is 0.353 e. The highest BCUT2D eigenvalue weighted by molar-refractivity contribution is 8.05. The van der Waals surface area contributed by atoms with Crippen LogP contribution in [0, 0.1) is 11.8 Å². The number of aliphatic hydroxyl groups is 1. The molecule has 0 saturated carbocycles. The summed E-state index contributed by atoms with van der Waals surface area (Å²) in [5.74, 6) is -0.154. The Bertz CT molecular complexity index is 510. The molecule has 1 fully saturated rings. The maximum absolute atomic E-state index is 12.3. The Morgan fingerprint density at radius 3 is 2.65 bits per heavy atom. The summed E-state index contributed by atoms with van der Waals surface area (Å²) in [6.45, 7) is 2.13. The van der Waals surface area contributed by atoms with Crippen molar-refractivity contribution in [2.75, 3.05) is 24.3 Å². The highest BCUT2D eigenvalue weighted by Gasteiger charge is 2.60. The van der Waals surface area contributed by atoms with Gasteiger partial charge in [0.05, 0.1) is 18.1 Å². The molecule has 0 radical (unpaired) electrons. The second-order valence-corrected chi connectivity index (χ2v) is 7.98. The molecule has 2 heterocycles. The van der Waals surface area contributed by atoms with Gasteiger partial charge in [-0.3, -0.25) is 4.79 Å². The van der Waals surface area contributed by atoms with Gasteiger partial charge in [0.15, 0.2) is 0 Å². The Morgan fingerprint density at radius 2 is 2.13 bits per heavy atom. The number of nitrogens with two attached hydrogens (primary N) is 1. The van der Waals surface area contributed by atoms with E-state index in [0.29, 0.717) is 6.54 Å². The molecule has 1 amide bonds. The Kier molecular flexibility index (Phi) is 6.41. The number of aliphatic hydroxyl groups excluding tert-OH is 1. The van der Waals surface area contributed by atoms with E-state index < -0.39 is 18.0 Å². The fourth-order valence-electron chi connectivity index (χ4n) is 3.42. The molecule has 6 nitrogen and oxygen atoms in total. The van der Waals surface area contributed by atoms with Crippen LogP contribution in [0.15, 0.2) is 10.6 Å². The van der Waals surface area contributed by atoms with Gasteiger partial charge < -0.3 is 20.8 Å². The van der Waals surface area contributed by atoms with Crippen LogP contribution in [0.3, 0.4) is 0 Å². The van der Waals surface area contributed by atoms with Crippen molar-refractivity contribution in [3.05, 3.63) is 10.6 Å². The summed E-state index contributed by atoms with van der Waals surface area (Å²) in [6.07, 6.45) is 2.75. The van der Waals surface area contributed by atoms with Gasteiger partial charge in [0.2, 0.25) is 5.91 Å². The Balaban J connectivity index is 2.31. The summed E-state index contributed by atoms with van der Waals surface area (Å²) in [5.41, 5.74) is 5.73. The van der Waals surface area contributed by atoms with Crippen molar-refractivity contribution in [3.63, 3.8) is 0 Å². The van der Waals surface area contributed by atoms with Crippen molar-refractivity contribution in [2.45, 2.75) is 31.9 Å². The minimum atomic E-state index is -1.06. The first kappa shape index (κ1) is 18.6. The fourth-order valence-corrected chi connectivity index (χ4v) is 5.43. The van der Waals surface area contributed by atoms with Gasteiger partial charge in [-0.2, -0.15) is 11.8 Å². The summed E-state index contributed by atoms with van der Waals surface area (Å²) in [6, 6.07) is -0.239. The van der Waals surface area contributed by atoms with Gasteiger partial charge in [0, 0.05) is 22.3 Å². The molecule has 4 atom stereocenters. The van der Waals surface area contributed by atoms with Crippen LogP contribution in [0.2, 0.25) is 0 Å². The van der Waals surface area contributed by atoms with Crippen molar-refractivity contribution >= 4 is 35.4 Å². The van der Waals surface area contributed by atoms with Crippen LogP contribution in [0.4, 0.5) is 0 Å². The number of carboxylic acid groups (broad SMARTS) is 1. The van der Waals surface area contributed by atoms with Crippen LogP contribution in [0.25, 0.3) is 0 Å². The van der Waals surface area contributed by atoms with Crippen LogP contribution in [0.1, 0.15) is 19.8 Å². The zero-order valence-electron chi connectivity index (χ0n) is 13.4. The SMILES string of the molecule is CSCCSC1=C(C(=O)O)N2C(=O)[C@H]([C@@H](C)O)[C@H]2[C@H]1CCCN. The third kappa shape index (κ3) is 3.40. The molecule has 4 N–H and O–H groups in total. The highest BCUT2D eigenvalue weighted by Crippen LogP contribution is 2.52. The number of rotatable bonds is 9. The minimum absolute atomic E-state index is 0.0335. The van der Waals surface area contributed by atoms with Crippen molar-refractivity contribution < 1.29 is 19.8 Å². The summed E-state index contributed by atoms with van der Waals surface area (Å²) in [4.78, 5) is 26.2. The molecule has 2 aliphatic heterocycles. The van der Waals surface area contributed by atoms with Crippen molar-refractivity contribution in [3.8, 4) is 0 Å². The van der Waals surface area contributed by atoms with E-state index in [-0.39, 0.29) is 23.6 Å². The highest BCUT2D eigenvalue weighted by atomic mass is 32.2. The molecule has 0 aromatic rings. The monoisotopic (exact) mass is 360 g/mol. The van der Waals surface area contributed by atoms with E-state index in [2.05, 4.69) is 0 Å². The number of carbonyl (C=O) groups is 2. The first-order valence-electron chi connectivity index (χ1n) is 7.76. The van der Waals surface area contributed by atoms with Gasteiger partial charge in [-0.25, -0.2) is 4.79 Å². The van der Waals surface area contributed by atoms with E-state index in [0.717, 1.165) is 29.3 Å². The number of fused-ring (bicyclic) bond motifs is 1. The van der Waals surface area contributed by atoms with Crippen LogP contribution < -0.4 is 5.73 Å². The average molecular weight is 361 g/mol. The first-order valence-corrected chi connectivity index (χ1v) is 10.1. The molecule has 130 valence electrons. The van der Waals surface area contributed by atoms with E-state index in [1.54, 1.807) is 18.7 Å². The maximum atomic E-state index is 12.3. The number of carbonyl (C=O) groups excluding carboxylic acids is 1. The molecule has 0 aromatic carbocycles. The largest absolute Gasteiger partial charge is 0.477 e. The molecule has 0 unspecified atom stereocenters. The number of amides is 1. The topological polar surface area (TPSA) is 104 Å². The van der Waals surface area contributed by atoms with Crippen LogP contribution >= 0.6 is 23.5 Å². The lowest BCUT2D eigenvalue weighted by Gasteiger charge is -2.47. The average Bonchev–Trinajstić information content (AvgIpc) is 2.75. The zero-order valence-corrected chi connectivity index (χ0v) is 15.0. The van der Waals surface area contributed by atoms with Crippen molar-refractivity contribution in [1.29, 1.82) is 0 Å². The summed E-state index contributed by atoms with van der Waals surface area (Å²) in [5, 5.41) is 19.5. The quantitative estimate of drug-likeness (QED) is 0.415. The van der Waals surface area contributed by atoms with Crippen LogP contribution in [-0.2, 0) is 9.59 Å². The van der Waals surface area contributed by atoms with E-state index >= 15 is 0 Å². The van der Waals surface area contributed by atoms with Crippen LogP contribution in [-0.4, -0.2) is 63.4 Å². The van der Waals surface area contributed by atoms with E-state index in [4.69, 9.17) is 5.73 Å². The number of hydrogen-bond donors (Lipinski definition) is 3. The van der Waals surface area contributed by atoms with Crippen molar-refractivity contribution in [2.24, 2.45) is 17.6 Å². The van der Waals surface area contributed by atoms with Gasteiger partial charge in [-0.15, -0.1) is 11.8 Å². The lowest BCUT2D eigenvalue weighted by Crippen LogP contribution is -2.63. The molecule has 8 heteroatoms. The third-order valence-electron chi connectivity index (χ3n) is 4.40. The molecule has 0 spiro atoms. The molecular weight excluding hydrogens is 336 g/mol. The number of hydrogen-bond acceptors (Lipinski definition) is 6. The summed E-state index contributed by atoms with van der Waals surface area (Å²) >= 11 is 3.23.